The van der Waals surface area contributed by atoms with Gasteiger partial charge >= 0.3 is 0 Å². The van der Waals surface area contributed by atoms with E-state index < -0.39 is 6.43 Å². The Hall–Kier alpha value is -3.48. The van der Waals surface area contributed by atoms with Crippen molar-refractivity contribution in [3.05, 3.63) is 65.9 Å². The van der Waals surface area contributed by atoms with Crippen LogP contribution in [0.15, 0.2) is 54.6 Å². The molecule has 0 N–H and O–H groups in total. The van der Waals surface area contributed by atoms with Crippen LogP contribution in [0, 0.1) is 0 Å². The average Bonchev–Trinajstić information content (AvgIpc) is 3.38. The number of rotatable bonds is 4. The molecule has 0 radical (unpaired) electrons. The summed E-state index contributed by atoms with van der Waals surface area (Å²) in [5.41, 5.74) is 3.08. The number of aromatic nitrogens is 3. The van der Waals surface area contributed by atoms with Gasteiger partial charge in [-0.15, -0.1) is 0 Å². The summed E-state index contributed by atoms with van der Waals surface area (Å²) < 4.78 is 40.8. The highest BCUT2D eigenvalue weighted by atomic mass is 19.3. The molecule has 30 heavy (non-hydrogen) atoms. The van der Waals surface area contributed by atoms with Crippen molar-refractivity contribution in [1.29, 1.82) is 0 Å². The van der Waals surface area contributed by atoms with Gasteiger partial charge in [-0.3, -0.25) is 0 Å². The quantitative estimate of drug-likeness (QED) is 0.441. The topological polar surface area (TPSA) is 49.2 Å². The van der Waals surface area contributed by atoms with Crippen LogP contribution >= 0.6 is 0 Å². The van der Waals surface area contributed by atoms with Crippen molar-refractivity contribution in [2.45, 2.75) is 25.2 Å². The molecule has 2 aliphatic rings. The second kappa shape index (κ2) is 6.52. The Balaban J connectivity index is 1.62. The van der Waals surface area contributed by atoms with Crippen molar-refractivity contribution in [2.24, 2.45) is 0 Å². The van der Waals surface area contributed by atoms with Gasteiger partial charge in [0.1, 0.15) is 0 Å². The Morgan fingerprint density at radius 2 is 1.77 bits per heavy atom. The number of nitrogens with zero attached hydrogens (tertiary/aromatic N) is 3. The van der Waals surface area contributed by atoms with E-state index >= 15 is 0 Å². The fourth-order valence-electron chi connectivity index (χ4n) is 3.94. The Bertz CT molecular complexity index is 1270. The number of benzene rings is 2. The van der Waals surface area contributed by atoms with Gasteiger partial charge in [0, 0.05) is 17.0 Å². The zero-order valence-electron chi connectivity index (χ0n) is 15.9. The zero-order valence-corrected chi connectivity index (χ0v) is 15.9. The Morgan fingerprint density at radius 1 is 0.967 bits per heavy atom. The number of ether oxygens (including phenoxy) is 2. The summed E-state index contributed by atoms with van der Waals surface area (Å²) in [5.74, 6) is 1.44. The van der Waals surface area contributed by atoms with Gasteiger partial charge in [-0.25, -0.2) is 18.4 Å². The van der Waals surface area contributed by atoms with E-state index in [1.165, 1.54) is 6.07 Å². The fourth-order valence-corrected chi connectivity index (χ4v) is 3.94. The molecule has 2 aromatic carbocycles. The van der Waals surface area contributed by atoms with Crippen molar-refractivity contribution in [1.82, 2.24) is 14.8 Å². The molecule has 0 amide bonds. The first-order valence-electron chi connectivity index (χ1n) is 9.86. The van der Waals surface area contributed by atoms with Gasteiger partial charge in [-0.1, -0.05) is 18.2 Å². The van der Waals surface area contributed by atoms with Crippen LogP contribution in [0.25, 0.3) is 28.0 Å². The molecule has 150 valence electrons. The first-order chi connectivity index (χ1) is 14.7. The van der Waals surface area contributed by atoms with Gasteiger partial charge in [0.2, 0.25) is 6.79 Å². The number of pyridine rings is 1. The van der Waals surface area contributed by atoms with E-state index in [1.54, 1.807) is 16.8 Å². The minimum absolute atomic E-state index is 0.0308. The molecular formula is C23H17F2N3O2. The SMILES string of the molecule is FC(F)c1cc(-c2ccc3c(c2)OCO3)nc2c1c(C1CC1)nn2-c1ccccc1. The monoisotopic (exact) mass is 405 g/mol. The maximum absolute atomic E-state index is 14.2. The van der Waals surface area contributed by atoms with Gasteiger partial charge in [-0.05, 0) is 49.2 Å². The molecule has 0 bridgehead atoms. The van der Waals surface area contributed by atoms with Crippen LogP contribution < -0.4 is 9.47 Å². The average molecular weight is 405 g/mol. The summed E-state index contributed by atoms with van der Waals surface area (Å²) in [6.07, 6.45) is -0.699. The summed E-state index contributed by atoms with van der Waals surface area (Å²) in [4.78, 5) is 4.79. The molecular weight excluding hydrogens is 388 g/mol. The van der Waals surface area contributed by atoms with E-state index in [0.717, 1.165) is 18.5 Å². The zero-order chi connectivity index (χ0) is 20.2. The minimum Gasteiger partial charge on any atom is -0.454 e. The third kappa shape index (κ3) is 2.73. The van der Waals surface area contributed by atoms with Crippen LogP contribution in [0.5, 0.6) is 11.5 Å². The Labute approximate surface area is 170 Å². The lowest BCUT2D eigenvalue weighted by molar-refractivity contribution is 0.153. The predicted molar refractivity (Wildman–Crippen MR) is 107 cm³/mol. The summed E-state index contributed by atoms with van der Waals surface area (Å²) in [7, 11) is 0. The first kappa shape index (κ1) is 17.4. The van der Waals surface area contributed by atoms with E-state index in [9.17, 15) is 8.78 Å². The molecule has 0 atom stereocenters. The fraction of sp³-hybridized carbons (Fsp3) is 0.217. The molecule has 5 nitrogen and oxygen atoms in total. The molecule has 1 aliphatic heterocycles. The Kier molecular flexibility index (Phi) is 3.78. The summed E-state index contributed by atoms with van der Waals surface area (Å²) >= 11 is 0. The maximum atomic E-state index is 14.2. The van der Waals surface area contributed by atoms with Gasteiger partial charge in [0.25, 0.3) is 6.43 Å². The van der Waals surface area contributed by atoms with Crippen LogP contribution in [0.4, 0.5) is 8.78 Å². The van der Waals surface area contributed by atoms with E-state index in [1.807, 2.05) is 36.4 Å². The van der Waals surface area contributed by atoms with E-state index in [0.29, 0.717) is 39.5 Å². The lowest BCUT2D eigenvalue weighted by Crippen LogP contribution is -1.99. The third-order valence-corrected chi connectivity index (χ3v) is 5.56. The second-order valence-corrected chi connectivity index (χ2v) is 7.57. The summed E-state index contributed by atoms with van der Waals surface area (Å²) in [5, 5.41) is 5.21. The Morgan fingerprint density at radius 3 is 2.53 bits per heavy atom. The van der Waals surface area contributed by atoms with Gasteiger partial charge < -0.3 is 9.47 Å². The van der Waals surface area contributed by atoms with Crippen molar-refractivity contribution < 1.29 is 18.3 Å². The number of hydrogen-bond donors (Lipinski definition) is 0. The molecule has 0 saturated heterocycles. The van der Waals surface area contributed by atoms with Crippen LogP contribution in [0.3, 0.4) is 0 Å². The molecule has 1 aliphatic carbocycles. The predicted octanol–water partition coefficient (Wildman–Crippen LogP) is 5.63. The smallest absolute Gasteiger partial charge is 0.264 e. The van der Waals surface area contributed by atoms with Crippen LogP contribution in [-0.4, -0.2) is 21.6 Å². The molecule has 6 rings (SSSR count). The number of para-hydroxylation sites is 1. The van der Waals surface area contributed by atoms with Crippen LogP contribution in [0.1, 0.15) is 36.4 Å². The van der Waals surface area contributed by atoms with E-state index in [4.69, 9.17) is 19.6 Å². The van der Waals surface area contributed by atoms with Crippen molar-refractivity contribution >= 4 is 11.0 Å². The number of fused-ring (bicyclic) bond motifs is 2. The highest BCUT2D eigenvalue weighted by molar-refractivity contribution is 5.87. The summed E-state index contributed by atoms with van der Waals surface area (Å²) in [6.45, 7) is 0.152. The van der Waals surface area contributed by atoms with Crippen LogP contribution in [0.2, 0.25) is 0 Å². The molecule has 0 spiro atoms. The summed E-state index contributed by atoms with van der Waals surface area (Å²) in [6, 6.07) is 16.3. The van der Waals surface area contributed by atoms with E-state index in [2.05, 4.69) is 0 Å². The largest absolute Gasteiger partial charge is 0.454 e. The van der Waals surface area contributed by atoms with Gasteiger partial charge in [-0.2, -0.15) is 5.10 Å². The molecule has 4 aromatic rings. The van der Waals surface area contributed by atoms with E-state index in [-0.39, 0.29) is 18.3 Å². The molecule has 2 aromatic heterocycles. The van der Waals surface area contributed by atoms with Crippen molar-refractivity contribution in [2.75, 3.05) is 6.79 Å². The minimum atomic E-state index is -2.63. The van der Waals surface area contributed by atoms with Crippen molar-refractivity contribution in [3.8, 4) is 28.4 Å². The van der Waals surface area contributed by atoms with Crippen LogP contribution in [-0.2, 0) is 0 Å². The number of halogens is 2. The normalized spacial score (nSPS) is 15.3. The molecule has 1 fully saturated rings. The van der Waals surface area contributed by atoms with Gasteiger partial charge in [0.15, 0.2) is 17.1 Å². The highest BCUT2D eigenvalue weighted by Gasteiger charge is 2.33. The maximum Gasteiger partial charge on any atom is 0.264 e. The molecule has 3 heterocycles. The number of alkyl halides is 2. The first-order valence-corrected chi connectivity index (χ1v) is 9.86. The number of hydrogen-bond acceptors (Lipinski definition) is 4. The molecule has 0 unspecified atom stereocenters. The lowest BCUT2D eigenvalue weighted by atomic mass is 10.0. The highest BCUT2D eigenvalue weighted by Crippen LogP contribution is 2.46. The van der Waals surface area contributed by atoms with Crippen molar-refractivity contribution in [3.63, 3.8) is 0 Å². The van der Waals surface area contributed by atoms with Gasteiger partial charge in [0.05, 0.1) is 22.5 Å². The standard InChI is InChI=1S/C23H17F2N3O2/c24-22(25)16-11-17(14-8-9-18-19(10-14)30-12-29-18)26-23-20(16)21(13-6-7-13)27-28(23)15-4-2-1-3-5-15/h1-5,8-11,13,22H,6-7,12H2. The third-order valence-electron chi connectivity index (χ3n) is 5.56. The molecule has 7 heteroatoms. The lowest BCUT2D eigenvalue weighted by Gasteiger charge is -2.09. The molecule has 1 saturated carbocycles. The second-order valence-electron chi connectivity index (χ2n) is 7.57.